The number of nitrogens with zero attached hydrogens (tertiary/aromatic N) is 1. The van der Waals surface area contributed by atoms with Crippen LogP contribution in [0.2, 0.25) is 0 Å². The number of para-hydroxylation sites is 1. The zero-order chi connectivity index (χ0) is 22.5. The van der Waals surface area contributed by atoms with Gasteiger partial charge in [0.05, 0.1) is 16.9 Å². The maximum absolute atomic E-state index is 13.3. The van der Waals surface area contributed by atoms with E-state index in [-0.39, 0.29) is 45.5 Å². The van der Waals surface area contributed by atoms with Gasteiger partial charge in [0, 0.05) is 21.6 Å². The summed E-state index contributed by atoms with van der Waals surface area (Å²) < 4.78 is 0. The molecule has 1 aromatic carbocycles. The number of thioether (sulfide) groups is 1. The fraction of sp³-hybridized carbons (Fsp3) is 0.455. The molecule has 8 nitrogen and oxygen atoms in total. The molecule has 4 aliphatic rings. The third-order valence-corrected chi connectivity index (χ3v) is 10.4. The van der Waals surface area contributed by atoms with E-state index in [0.717, 1.165) is 31.7 Å². The zero-order valence-electron chi connectivity index (χ0n) is 16.9. The molecule has 6 rings (SSSR count). The second-order valence-corrected chi connectivity index (χ2v) is 11.3. The normalized spacial score (nSPS) is 35.5. The number of amides is 2. The van der Waals surface area contributed by atoms with Crippen molar-refractivity contribution in [2.45, 2.75) is 35.6 Å². The Kier molecular flexibility index (Phi) is 4.20. The van der Waals surface area contributed by atoms with Gasteiger partial charge < -0.3 is 15.2 Å². The van der Waals surface area contributed by atoms with Crippen LogP contribution in [-0.2, 0) is 14.4 Å². The standard InChI is InChI=1S/C22H20N2O6S2/c1-7(21(28)29)24-19(26)14-9-6-10(15(14)20(24)27)16-13(9)12(8-4-2-3-5-11(8)25)17-18(31-16)23-22(30)32-17/h2-5,7,9-10,12-16,25H,6H2,1H3,(H,23,30)(H,28,29)/t7-,9+,10-,12-,13-,14+,15-,16+/m0/s1. The number of aliphatic carboxylic acids is 1. The number of imide groups is 1. The van der Waals surface area contributed by atoms with Gasteiger partial charge in [0.15, 0.2) is 0 Å². The smallest absolute Gasteiger partial charge is 0.326 e. The van der Waals surface area contributed by atoms with Crippen molar-refractivity contribution in [1.82, 2.24) is 9.88 Å². The minimum absolute atomic E-state index is 0.000408. The summed E-state index contributed by atoms with van der Waals surface area (Å²) in [5.74, 6) is -3.36. The number of hydrogen-bond donors (Lipinski definition) is 3. The Labute approximate surface area is 190 Å². The molecule has 3 N–H and O–H groups in total. The van der Waals surface area contributed by atoms with Gasteiger partial charge >= 0.3 is 10.8 Å². The Morgan fingerprint density at radius 3 is 2.53 bits per heavy atom. The number of phenolic OH excluding ortho intramolecular Hbond substituents is 1. The Balaban J connectivity index is 1.47. The highest BCUT2D eigenvalue weighted by molar-refractivity contribution is 8.00. The van der Waals surface area contributed by atoms with Gasteiger partial charge in [0.1, 0.15) is 11.8 Å². The molecule has 2 saturated carbocycles. The largest absolute Gasteiger partial charge is 0.508 e. The van der Waals surface area contributed by atoms with E-state index in [1.807, 2.05) is 12.1 Å². The monoisotopic (exact) mass is 472 g/mol. The van der Waals surface area contributed by atoms with Crippen molar-refractivity contribution in [2.24, 2.45) is 29.6 Å². The number of likely N-dealkylation sites (tertiary alicyclic amines) is 1. The lowest BCUT2D eigenvalue weighted by atomic mass is 9.68. The molecular formula is C22H20N2O6S2. The van der Waals surface area contributed by atoms with E-state index in [0.29, 0.717) is 6.42 Å². The van der Waals surface area contributed by atoms with E-state index in [1.54, 1.807) is 23.9 Å². The molecule has 10 heteroatoms. The van der Waals surface area contributed by atoms with E-state index in [9.17, 15) is 29.4 Å². The Morgan fingerprint density at radius 2 is 1.84 bits per heavy atom. The Morgan fingerprint density at radius 1 is 1.16 bits per heavy atom. The van der Waals surface area contributed by atoms with Crippen LogP contribution in [0.3, 0.4) is 0 Å². The van der Waals surface area contributed by atoms with Crippen molar-refractivity contribution in [1.29, 1.82) is 0 Å². The molecule has 2 aromatic rings. The quantitative estimate of drug-likeness (QED) is 0.584. The fourth-order valence-corrected chi connectivity index (χ4v) is 9.51. The predicted octanol–water partition coefficient (Wildman–Crippen LogP) is 2.09. The molecule has 2 amide bonds. The number of carboxylic acid groups (broad SMARTS) is 1. The molecule has 8 atom stereocenters. The van der Waals surface area contributed by atoms with E-state index < -0.39 is 29.8 Å². The van der Waals surface area contributed by atoms with Crippen LogP contribution >= 0.6 is 23.1 Å². The molecule has 2 bridgehead atoms. The highest BCUT2D eigenvalue weighted by atomic mass is 32.2. The summed E-state index contributed by atoms with van der Waals surface area (Å²) in [6, 6.07) is 5.87. The first-order valence-electron chi connectivity index (χ1n) is 10.6. The molecule has 3 fully saturated rings. The van der Waals surface area contributed by atoms with Crippen LogP contribution in [0.15, 0.2) is 34.1 Å². The summed E-state index contributed by atoms with van der Waals surface area (Å²) in [6.45, 7) is 1.37. The second-order valence-electron chi connectivity index (χ2n) is 9.08. The number of phenols is 1. The number of thiazole rings is 1. The predicted molar refractivity (Wildman–Crippen MR) is 116 cm³/mol. The summed E-state index contributed by atoms with van der Waals surface area (Å²) in [5, 5.41) is 20.9. The van der Waals surface area contributed by atoms with E-state index in [2.05, 4.69) is 4.98 Å². The Bertz CT molecular complexity index is 1240. The molecule has 32 heavy (non-hydrogen) atoms. The van der Waals surface area contributed by atoms with E-state index in [4.69, 9.17) is 0 Å². The van der Waals surface area contributed by atoms with Gasteiger partial charge in [-0.3, -0.25) is 19.3 Å². The highest BCUT2D eigenvalue weighted by Crippen LogP contribution is 2.69. The van der Waals surface area contributed by atoms with Crippen molar-refractivity contribution in [3.05, 3.63) is 44.4 Å². The SMILES string of the molecule is C[C@@H](C(=O)O)N1C(=O)[C@@H]2[C@@H]3C[C@H]([C@H]4Sc5[nH]c(=O)sc5[C@@H](c5ccccc5O)[C@H]34)[C@@H]2C1=O. The first-order chi connectivity index (χ1) is 15.3. The van der Waals surface area contributed by atoms with Crippen LogP contribution in [0, 0.1) is 29.6 Å². The molecule has 166 valence electrons. The van der Waals surface area contributed by atoms with E-state index in [1.165, 1.54) is 6.92 Å². The number of fused-ring (bicyclic) bond motifs is 9. The molecule has 0 spiro atoms. The number of benzene rings is 1. The first-order valence-corrected chi connectivity index (χ1v) is 12.3. The number of carboxylic acids is 1. The van der Waals surface area contributed by atoms with Gasteiger partial charge in [-0.15, -0.1) is 11.8 Å². The summed E-state index contributed by atoms with van der Waals surface area (Å²) in [4.78, 5) is 54.8. The molecular weight excluding hydrogens is 452 g/mol. The van der Waals surface area contributed by atoms with Gasteiger partial charge in [0.2, 0.25) is 11.8 Å². The fourth-order valence-electron chi connectivity index (χ4n) is 6.63. The van der Waals surface area contributed by atoms with Crippen LogP contribution in [-0.4, -0.2) is 49.2 Å². The number of aromatic amines is 1. The average Bonchev–Trinajstić information content (AvgIpc) is 3.47. The van der Waals surface area contributed by atoms with Crippen molar-refractivity contribution >= 4 is 40.9 Å². The number of H-pyrrole nitrogens is 1. The summed E-state index contributed by atoms with van der Waals surface area (Å²) in [5.41, 5.74) is 0.718. The average molecular weight is 473 g/mol. The van der Waals surface area contributed by atoms with Gasteiger partial charge in [-0.1, -0.05) is 29.5 Å². The maximum atomic E-state index is 13.3. The molecule has 1 saturated heterocycles. The van der Waals surface area contributed by atoms with Crippen molar-refractivity contribution < 1.29 is 24.6 Å². The molecule has 2 aliphatic heterocycles. The number of aromatic hydroxyl groups is 1. The minimum atomic E-state index is -1.20. The van der Waals surface area contributed by atoms with Crippen LogP contribution < -0.4 is 4.87 Å². The van der Waals surface area contributed by atoms with Crippen LogP contribution in [0.5, 0.6) is 5.75 Å². The van der Waals surface area contributed by atoms with Crippen LogP contribution in [0.1, 0.15) is 29.7 Å². The first kappa shape index (κ1) is 20.0. The van der Waals surface area contributed by atoms with Crippen LogP contribution in [0.25, 0.3) is 0 Å². The van der Waals surface area contributed by atoms with Gasteiger partial charge in [-0.25, -0.2) is 4.79 Å². The summed E-state index contributed by atoms with van der Waals surface area (Å²) in [7, 11) is 0. The highest BCUT2D eigenvalue weighted by Gasteiger charge is 2.70. The third-order valence-electron chi connectivity index (χ3n) is 7.77. The lowest BCUT2D eigenvalue weighted by molar-refractivity contribution is -0.154. The van der Waals surface area contributed by atoms with Gasteiger partial charge in [-0.05, 0) is 37.2 Å². The Hall–Kier alpha value is -2.59. The number of aromatic nitrogens is 1. The number of nitrogens with one attached hydrogen (secondary N) is 1. The summed E-state index contributed by atoms with van der Waals surface area (Å²) in [6.07, 6.45) is 0.716. The topological polar surface area (TPSA) is 128 Å². The number of carbonyl (C=O) groups excluding carboxylic acids is 2. The third kappa shape index (κ3) is 2.45. The van der Waals surface area contributed by atoms with Crippen molar-refractivity contribution in [2.75, 3.05) is 0 Å². The maximum Gasteiger partial charge on any atom is 0.326 e. The second kappa shape index (κ2) is 6.71. The number of rotatable bonds is 3. The van der Waals surface area contributed by atoms with Crippen molar-refractivity contribution in [3.8, 4) is 5.75 Å². The lowest BCUT2D eigenvalue weighted by Crippen LogP contribution is -2.44. The van der Waals surface area contributed by atoms with Crippen molar-refractivity contribution in [3.63, 3.8) is 0 Å². The summed E-state index contributed by atoms with van der Waals surface area (Å²) >= 11 is 2.69. The molecule has 0 unspecified atom stereocenters. The number of hydrogen-bond acceptors (Lipinski definition) is 7. The molecule has 0 radical (unpaired) electrons. The van der Waals surface area contributed by atoms with Gasteiger partial charge in [-0.2, -0.15) is 0 Å². The van der Waals surface area contributed by atoms with Crippen LogP contribution in [0.4, 0.5) is 0 Å². The molecule has 3 heterocycles. The lowest BCUT2D eigenvalue weighted by Gasteiger charge is -2.43. The number of carbonyl (C=O) groups is 3. The molecule has 2 aliphatic carbocycles. The van der Waals surface area contributed by atoms with E-state index >= 15 is 0 Å². The zero-order valence-corrected chi connectivity index (χ0v) is 18.6. The molecule has 1 aromatic heterocycles. The minimum Gasteiger partial charge on any atom is -0.508 e. The van der Waals surface area contributed by atoms with Gasteiger partial charge in [0.25, 0.3) is 0 Å².